The summed E-state index contributed by atoms with van der Waals surface area (Å²) in [5.74, 6) is 0.510. The van der Waals surface area contributed by atoms with Gasteiger partial charge in [0.1, 0.15) is 0 Å². The minimum atomic E-state index is -0.0460. The molecule has 5 nitrogen and oxygen atoms in total. The molecule has 0 bridgehead atoms. The first-order valence-electron chi connectivity index (χ1n) is 5.79. The van der Waals surface area contributed by atoms with Crippen molar-refractivity contribution in [1.82, 2.24) is 20.4 Å². The highest BCUT2D eigenvalue weighted by molar-refractivity contribution is 9.10. The third kappa shape index (κ3) is 3.24. The Hall–Kier alpha value is -0.590. The summed E-state index contributed by atoms with van der Waals surface area (Å²) in [6.07, 6.45) is 2.37. The number of carbonyl (C=O) groups is 1. The van der Waals surface area contributed by atoms with E-state index in [4.69, 9.17) is 0 Å². The summed E-state index contributed by atoms with van der Waals surface area (Å²) >= 11 is 3.47. The van der Waals surface area contributed by atoms with E-state index in [1.165, 1.54) is 12.8 Å². The number of aromatic amines is 1. The van der Waals surface area contributed by atoms with Crippen molar-refractivity contribution in [3.05, 3.63) is 15.9 Å². The number of likely N-dealkylation sites (N-methyl/N-ethyl adjacent to an activating group) is 2. The summed E-state index contributed by atoms with van der Waals surface area (Å²) in [4.78, 5) is 13.8. The van der Waals surface area contributed by atoms with Crippen LogP contribution in [-0.2, 0) is 0 Å². The van der Waals surface area contributed by atoms with E-state index >= 15 is 0 Å². The smallest absolute Gasteiger partial charge is 0.275 e. The Morgan fingerprint density at radius 2 is 2.28 bits per heavy atom. The van der Waals surface area contributed by atoms with E-state index in [0.717, 1.165) is 16.7 Å². The molecule has 0 spiro atoms. The molecule has 1 amide bonds. The fourth-order valence-electron chi connectivity index (χ4n) is 1.69. The number of aromatic nitrogens is 2. The zero-order chi connectivity index (χ0) is 12.4. The minimum Gasteiger partial charge on any atom is -0.339 e. The quantitative estimate of drug-likeness (QED) is 0.861. The summed E-state index contributed by atoms with van der Waals surface area (Å²) in [5.41, 5.74) is 1.56. The van der Waals surface area contributed by atoms with Crippen molar-refractivity contribution in [1.29, 1.82) is 0 Å². The van der Waals surface area contributed by atoms with E-state index in [-0.39, 0.29) is 18.3 Å². The molecule has 2 rings (SSSR count). The van der Waals surface area contributed by atoms with Crippen molar-refractivity contribution in [2.75, 3.05) is 27.2 Å². The molecule has 0 atom stereocenters. The lowest BCUT2D eigenvalue weighted by Gasteiger charge is -2.15. The van der Waals surface area contributed by atoms with Crippen LogP contribution in [0, 0.1) is 0 Å². The lowest BCUT2D eigenvalue weighted by molar-refractivity contribution is 0.0790. The van der Waals surface area contributed by atoms with Gasteiger partial charge < -0.3 is 10.2 Å². The molecule has 0 saturated heterocycles. The molecule has 0 radical (unpaired) electrons. The molecule has 1 aromatic heterocycles. The van der Waals surface area contributed by atoms with E-state index in [2.05, 4.69) is 31.4 Å². The minimum absolute atomic E-state index is 0. The van der Waals surface area contributed by atoms with Crippen molar-refractivity contribution in [3.63, 3.8) is 0 Å². The summed E-state index contributed by atoms with van der Waals surface area (Å²) in [6.45, 7) is 1.45. The third-order valence-electron chi connectivity index (χ3n) is 2.96. The average molecular weight is 338 g/mol. The van der Waals surface area contributed by atoms with Crippen LogP contribution in [0.25, 0.3) is 0 Å². The van der Waals surface area contributed by atoms with Gasteiger partial charge in [-0.3, -0.25) is 9.89 Å². The SMILES string of the molecule is CNCCN(C)C(=O)c1n[nH]c(C2CC2)c1Br.Cl. The van der Waals surface area contributed by atoms with Gasteiger partial charge in [0.05, 0.1) is 10.2 Å². The van der Waals surface area contributed by atoms with Crippen LogP contribution in [0.4, 0.5) is 0 Å². The van der Waals surface area contributed by atoms with Crippen LogP contribution in [0.15, 0.2) is 4.47 Å². The predicted octanol–water partition coefficient (Wildman–Crippen LogP) is 1.76. The lowest BCUT2D eigenvalue weighted by atomic mass is 10.2. The topological polar surface area (TPSA) is 61.0 Å². The van der Waals surface area contributed by atoms with Crippen LogP contribution >= 0.6 is 28.3 Å². The number of hydrogen-bond acceptors (Lipinski definition) is 3. The molecule has 1 saturated carbocycles. The largest absolute Gasteiger partial charge is 0.339 e. The maximum absolute atomic E-state index is 12.1. The summed E-state index contributed by atoms with van der Waals surface area (Å²) in [5, 5.41) is 10.1. The highest BCUT2D eigenvalue weighted by Crippen LogP contribution is 2.42. The number of hydrogen-bond donors (Lipinski definition) is 2. The average Bonchev–Trinajstić information content (AvgIpc) is 3.09. The van der Waals surface area contributed by atoms with Crippen molar-refractivity contribution >= 4 is 34.2 Å². The molecule has 1 fully saturated rings. The maximum Gasteiger partial charge on any atom is 0.275 e. The number of nitrogens with one attached hydrogen (secondary N) is 2. The Bertz CT molecular complexity index is 419. The summed E-state index contributed by atoms with van der Waals surface area (Å²) < 4.78 is 0.835. The van der Waals surface area contributed by atoms with Gasteiger partial charge >= 0.3 is 0 Å². The van der Waals surface area contributed by atoms with Crippen LogP contribution in [0.1, 0.15) is 34.9 Å². The molecule has 0 aromatic carbocycles. The van der Waals surface area contributed by atoms with Crippen molar-refractivity contribution < 1.29 is 4.79 Å². The first kappa shape index (κ1) is 15.5. The van der Waals surface area contributed by atoms with Gasteiger partial charge in [-0.1, -0.05) is 0 Å². The molecular formula is C11H18BrClN4O. The van der Waals surface area contributed by atoms with E-state index < -0.39 is 0 Å². The first-order chi connectivity index (χ1) is 8.15. The standard InChI is InChI=1S/C11H17BrN4O.ClH/c1-13-5-6-16(2)11(17)10-8(12)9(14-15-10)7-3-4-7;/h7,13H,3-6H2,1-2H3,(H,14,15);1H. The Morgan fingerprint density at radius 1 is 1.61 bits per heavy atom. The van der Waals surface area contributed by atoms with Gasteiger partial charge in [0, 0.05) is 26.1 Å². The number of H-pyrrole nitrogens is 1. The monoisotopic (exact) mass is 336 g/mol. The molecule has 102 valence electrons. The summed E-state index contributed by atoms with van der Waals surface area (Å²) in [7, 11) is 3.66. The molecule has 0 aliphatic heterocycles. The van der Waals surface area contributed by atoms with Gasteiger partial charge in [-0.15, -0.1) is 12.4 Å². The number of carbonyl (C=O) groups excluding carboxylic acids is 1. The predicted molar refractivity (Wildman–Crippen MR) is 76.4 cm³/mol. The van der Waals surface area contributed by atoms with Crippen molar-refractivity contribution in [2.24, 2.45) is 0 Å². The molecule has 1 aliphatic rings. The molecule has 1 heterocycles. The zero-order valence-corrected chi connectivity index (χ0v) is 12.9. The van der Waals surface area contributed by atoms with E-state index in [0.29, 0.717) is 18.2 Å². The number of amides is 1. The first-order valence-corrected chi connectivity index (χ1v) is 6.58. The number of nitrogens with zero attached hydrogens (tertiary/aromatic N) is 2. The van der Waals surface area contributed by atoms with Crippen LogP contribution in [-0.4, -0.2) is 48.2 Å². The lowest BCUT2D eigenvalue weighted by Crippen LogP contribution is -2.33. The fraction of sp³-hybridized carbons (Fsp3) is 0.636. The van der Waals surface area contributed by atoms with Gasteiger partial charge in [0.15, 0.2) is 5.69 Å². The fourth-order valence-corrected chi connectivity index (χ4v) is 2.36. The van der Waals surface area contributed by atoms with Gasteiger partial charge in [0.2, 0.25) is 0 Å². The second-order valence-electron chi connectivity index (χ2n) is 4.40. The normalized spacial score (nSPS) is 14.2. The van der Waals surface area contributed by atoms with Crippen LogP contribution in [0.5, 0.6) is 0 Å². The van der Waals surface area contributed by atoms with Crippen LogP contribution in [0.3, 0.4) is 0 Å². The molecule has 1 aromatic rings. The van der Waals surface area contributed by atoms with Gasteiger partial charge in [-0.25, -0.2) is 0 Å². The van der Waals surface area contributed by atoms with Gasteiger partial charge in [-0.2, -0.15) is 5.10 Å². The van der Waals surface area contributed by atoms with E-state index in [9.17, 15) is 4.79 Å². The summed E-state index contributed by atoms with van der Waals surface area (Å²) in [6, 6.07) is 0. The van der Waals surface area contributed by atoms with Crippen molar-refractivity contribution in [2.45, 2.75) is 18.8 Å². The van der Waals surface area contributed by atoms with E-state index in [1.54, 1.807) is 11.9 Å². The van der Waals surface area contributed by atoms with Crippen LogP contribution in [0.2, 0.25) is 0 Å². The zero-order valence-electron chi connectivity index (χ0n) is 10.5. The molecular weight excluding hydrogens is 320 g/mol. The molecule has 18 heavy (non-hydrogen) atoms. The van der Waals surface area contributed by atoms with Crippen molar-refractivity contribution in [3.8, 4) is 0 Å². The molecule has 0 unspecified atom stereocenters. The maximum atomic E-state index is 12.1. The second-order valence-corrected chi connectivity index (χ2v) is 5.20. The van der Waals surface area contributed by atoms with E-state index in [1.807, 2.05) is 7.05 Å². The third-order valence-corrected chi connectivity index (χ3v) is 3.77. The highest BCUT2D eigenvalue weighted by Gasteiger charge is 2.31. The Balaban J connectivity index is 0.00000162. The molecule has 2 N–H and O–H groups in total. The number of halogens is 2. The Morgan fingerprint density at radius 3 is 2.83 bits per heavy atom. The molecule has 1 aliphatic carbocycles. The van der Waals surface area contributed by atoms with Gasteiger partial charge in [-0.05, 0) is 35.8 Å². The Kier molecular flexibility index (Phi) is 5.62. The van der Waals surface area contributed by atoms with Gasteiger partial charge in [0.25, 0.3) is 5.91 Å². The highest BCUT2D eigenvalue weighted by atomic mass is 79.9. The molecule has 7 heteroatoms. The Labute approximate surface area is 121 Å². The second kappa shape index (κ2) is 6.54. The van der Waals surface area contributed by atoms with Crippen LogP contribution < -0.4 is 5.32 Å². The number of rotatable bonds is 5.